The van der Waals surface area contributed by atoms with E-state index in [4.69, 9.17) is 5.11 Å². The summed E-state index contributed by atoms with van der Waals surface area (Å²) in [7, 11) is -3.90. The monoisotopic (exact) mass is 312 g/mol. The lowest BCUT2D eigenvalue weighted by atomic mass is 10.2. The van der Waals surface area contributed by atoms with Crippen molar-refractivity contribution in [3.63, 3.8) is 0 Å². The van der Waals surface area contributed by atoms with Crippen molar-refractivity contribution in [3.05, 3.63) is 46.4 Å². The molecule has 8 heteroatoms. The lowest BCUT2D eigenvalue weighted by molar-refractivity contribution is 0.0698. The van der Waals surface area contributed by atoms with Gasteiger partial charge in [0.15, 0.2) is 0 Å². The van der Waals surface area contributed by atoms with Gasteiger partial charge in [0.1, 0.15) is 9.77 Å². The van der Waals surface area contributed by atoms with E-state index in [0.29, 0.717) is 5.69 Å². The van der Waals surface area contributed by atoms with Crippen LogP contribution in [-0.4, -0.2) is 24.5 Å². The number of nitrogens with zero attached hydrogens (tertiary/aromatic N) is 1. The maximum absolute atomic E-state index is 12.2. The van der Waals surface area contributed by atoms with Crippen LogP contribution in [0.3, 0.4) is 0 Å². The Morgan fingerprint density at radius 3 is 2.75 bits per heavy atom. The quantitative estimate of drug-likeness (QED) is 0.878. The molecule has 6 nitrogen and oxygen atoms in total. The van der Waals surface area contributed by atoms with Crippen molar-refractivity contribution in [2.45, 2.75) is 17.9 Å². The van der Waals surface area contributed by atoms with Crippen LogP contribution in [0.15, 0.2) is 40.7 Å². The van der Waals surface area contributed by atoms with Gasteiger partial charge in [-0.2, -0.15) is 0 Å². The molecular weight excluding hydrogens is 300 g/mol. The number of aromatic carboxylic acids is 1. The molecule has 2 rings (SSSR count). The first-order valence-electron chi connectivity index (χ1n) is 5.66. The Morgan fingerprint density at radius 2 is 2.15 bits per heavy atom. The number of carbonyl (C=O) groups is 1. The van der Waals surface area contributed by atoms with Crippen LogP contribution in [0.4, 0.5) is 0 Å². The predicted octanol–water partition coefficient (Wildman–Crippen LogP) is 1.88. The average Bonchev–Trinajstić information content (AvgIpc) is 2.89. The Hall–Kier alpha value is -1.77. The molecule has 2 aromatic rings. The van der Waals surface area contributed by atoms with Gasteiger partial charge in [0.05, 0.1) is 11.7 Å². The van der Waals surface area contributed by atoms with Gasteiger partial charge in [0.25, 0.3) is 0 Å². The number of rotatable bonds is 5. The van der Waals surface area contributed by atoms with Crippen LogP contribution in [0.2, 0.25) is 0 Å². The van der Waals surface area contributed by atoms with Gasteiger partial charge in [-0.1, -0.05) is 6.07 Å². The Kier molecular flexibility index (Phi) is 4.17. The molecule has 0 aliphatic rings. The zero-order chi connectivity index (χ0) is 14.8. The zero-order valence-corrected chi connectivity index (χ0v) is 12.1. The number of hydrogen-bond acceptors (Lipinski definition) is 5. The number of hydrogen-bond donors (Lipinski definition) is 2. The van der Waals surface area contributed by atoms with Crippen molar-refractivity contribution in [1.29, 1.82) is 0 Å². The van der Waals surface area contributed by atoms with Crippen molar-refractivity contribution in [1.82, 2.24) is 9.71 Å². The number of carboxylic acids is 1. The Labute approximate surface area is 120 Å². The van der Waals surface area contributed by atoms with Gasteiger partial charge in [-0.3, -0.25) is 4.98 Å². The van der Waals surface area contributed by atoms with Crippen molar-refractivity contribution in [2.75, 3.05) is 0 Å². The highest BCUT2D eigenvalue weighted by molar-refractivity contribution is 7.89. The van der Waals surface area contributed by atoms with E-state index in [0.717, 1.165) is 11.3 Å². The van der Waals surface area contributed by atoms with Crippen LogP contribution in [0.1, 0.15) is 28.3 Å². The van der Waals surface area contributed by atoms with Crippen LogP contribution >= 0.6 is 11.3 Å². The summed E-state index contributed by atoms with van der Waals surface area (Å²) in [5.74, 6) is -1.26. The van der Waals surface area contributed by atoms with Gasteiger partial charge in [0, 0.05) is 6.20 Å². The number of thiophene rings is 1. The number of pyridine rings is 1. The molecule has 0 bridgehead atoms. The highest BCUT2D eigenvalue weighted by atomic mass is 32.2. The molecule has 0 saturated heterocycles. The molecule has 0 fully saturated rings. The zero-order valence-electron chi connectivity index (χ0n) is 10.5. The van der Waals surface area contributed by atoms with Crippen molar-refractivity contribution >= 4 is 27.3 Å². The summed E-state index contributed by atoms with van der Waals surface area (Å²) in [4.78, 5) is 14.6. The minimum atomic E-state index is -3.90. The first kappa shape index (κ1) is 14.6. The molecule has 0 aliphatic heterocycles. The van der Waals surface area contributed by atoms with Crippen LogP contribution < -0.4 is 4.72 Å². The lowest BCUT2D eigenvalue weighted by Crippen LogP contribution is -2.28. The Morgan fingerprint density at radius 1 is 1.40 bits per heavy atom. The summed E-state index contributed by atoms with van der Waals surface area (Å²) in [5, 5.41) is 10.4. The molecule has 0 radical (unpaired) electrons. The van der Waals surface area contributed by atoms with Crippen LogP contribution in [0.5, 0.6) is 0 Å². The topological polar surface area (TPSA) is 96.4 Å². The minimum Gasteiger partial charge on any atom is -0.477 e. The van der Waals surface area contributed by atoms with Gasteiger partial charge >= 0.3 is 5.97 Å². The second-order valence-corrected chi connectivity index (χ2v) is 6.62. The van der Waals surface area contributed by atoms with Crippen molar-refractivity contribution < 1.29 is 18.3 Å². The molecule has 0 saturated carbocycles. The van der Waals surface area contributed by atoms with E-state index >= 15 is 0 Å². The average molecular weight is 312 g/mol. The minimum absolute atomic E-state index is 0.203. The van der Waals surface area contributed by atoms with E-state index in [1.54, 1.807) is 31.3 Å². The molecule has 20 heavy (non-hydrogen) atoms. The molecule has 1 unspecified atom stereocenters. The van der Waals surface area contributed by atoms with Gasteiger partial charge in [-0.05, 0) is 30.5 Å². The molecule has 0 spiro atoms. The largest absolute Gasteiger partial charge is 0.477 e. The third-order valence-electron chi connectivity index (χ3n) is 2.58. The fourth-order valence-corrected chi connectivity index (χ4v) is 4.13. The van der Waals surface area contributed by atoms with Crippen molar-refractivity contribution in [3.8, 4) is 0 Å². The molecular formula is C12H12N2O4S2. The summed E-state index contributed by atoms with van der Waals surface area (Å²) < 4.78 is 26.8. The van der Waals surface area contributed by atoms with Crippen LogP contribution in [0, 0.1) is 0 Å². The summed E-state index contributed by atoms with van der Waals surface area (Å²) in [6, 6.07) is 5.90. The number of nitrogens with one attached hydrogen (secondary N) is 1. The molecule has 0 amide bonds. The number of carboxylic acid groups (broad SMARTS) is 1. The van der Waals surface area contributed by atoms with Crippen LogP contribution in [0.25, 0.3) is 0 Å². The van der Waals surface area contributed by atoms with E-state index in [9.17, 15) is 13.2 Å². The maximum atomic E-state index is 12.2. The number of aromatic nitrogens is 1. The standard InChI is InChI=1S/C12H12N2O4S2/c1-8(9-4-2-3-6-13-9)14-20(17,18)10-5-7-19-11(10)12(15)16/h2-8,14H,1H3,(H,15,16). The highest BCUT2D eigenvalue weighted by Crippen LogP contribution is 2.23. The lowest BCUT2D eigenvalue weighted by Gasteiger charge is -2.13. The number of sulfonamides is 1. The Balaban J connectivity index is 2.28. The summed E-state index contributed by atoms with van der Waals surface area (Å²) in [6.07, 6.45) is 1.56. The summed E-state index contributed by atoms with van der Waals surface area (Å²) >= 11 is 0.873. The predicted molar refractivity (Wildman–Crippen MR) is 74.3 cm³/mol. The molecule has 2 aromatic heterocycles. The first-order chi connectivity index (χ1) is 9.42. The van der Waals surface area contributed by atoms with E-state index in [2.05, 4.69) is 9.71 Å². The third kappa shape index (κ3) is 3.03. The van der Waals surface area contributed by atoms with Gasteiger partial charge in [0.2, 0.25) is 10.0 Å². The van der Waals surface area contributed by atoms with Gasteiger partial charge in [-0.25, -0.2) is 17.9 Å². The fourth-order valence-electron chi connectivity index (χ4n) is 1.65. The van der Waals surface area contributed by atoms with E-state index in [1.807, 2.05) is 0 Å². The molecule has 106 valence electrons. The molecule has 2 N–H and O–H groups in total. The first-order valence-corrected chi connectivity index (χ1v) is 8.02. The van der Waals surface area contributed by atoms with E-state index < -0.39 is 22.0 Å². The third-order valence-corrected chi connectivity index (χ3v) is 5.19. The molecule has 1 atom stereocenters. The maximum Gasteiger partial charge on any atom is 0.347 e. The van der Waals surface area contributed by atoms with E-state index in [1.165, 1.54) is 11.4 Å². The molecule has 2 heterocycles. The second kappa shape index (κ2) is 5.70. The van der Waals surface area contributed by atoms with Crippen molar-refractivity contribution in [2.24, 2.45) is 0 Å². The molecule has 0 aliphatic carbocycles. The molecule has 0 aromatic carbocycles. The Bertz CT molecular complexity index is 710. The summed E-state index contributed by atoms with van der Waals surface area (Å²) in [5.41, 5.74) is 0.558. The highest BCUT2D eigenvalue weighted by Gasteiger charge is 2.25. The summed E-state index contributed by atoms with van der Waals surface area (Å²) in [6.45, 7) is 1.65. The fraction of sp³-hybridized carbons (Fsp3) is 0.167. The van der Waals surface area contributed by atoms with Crippen LogP contribution in [-0.2, 0) is 10.0 Å². The van der Waals surface area contributed by atoms with Gasteiger partial charge in [-0.15, -0.1) is 11.3 Å². The van der Waals surface area contributed by atoms with Gasteiger partial charge < -0.3 is 5.11 Å². The SMILES string of the molecule is CC(NS(=O)(=O)c1ccsc1C(=O)O)c1ccccn1. The van der Waals surface area contributed by atoms with E-state index in [-0.39, 0.29) is 9.77 Å². The second-order valence-electron chi connectivity index (χ2n) is 4.02. The smallest absolute Gasteiger partial charge is 0.347 e. The normalized spacial score (nSPS) is 13.1.